The maximum atomic E-state index is 13.3. The molecule has 4 rings (SSSR count). The van der Waals surface area contributed by atoms with Crippen LogP contribution < -0.4 is 11.0 Å². The maximum absolute atomic E-state index is 13.3. The number of halogens is 1. The van der Waals surface area contributed by atoms with Gasteiger partial charge >= 0.3 is 5.69 Å². The minimum atomic E-state index is -0.383. The molecule has 3 heterocycles. The van der Waals surface area contributed by atoms with E-state index in [1.165, 1.54) is 52.7 Å². The first-order chi connectivity index (χ1) is 14.5. The van der Waals surface area contributed by atoms with E-state index < -0.39 is 0 Å². The number of hydrogen-bond acceptors (Lipinski definition) is 4. The topological polar surface area (TPSA) is 72.2 Å². The van der Waals surface area contributed by atoms with Crippen LogP contribution in [0.4, 0.5) is 4.39 Å². The number of hydrogen-bond donors (Lipinski definition) is 1. The summed E-state index contributed by atoms with van der Waals surface area (Å²) < 4.78 is 16.1. The Kier molecular flexibility index (Phi) is 5.94. The molecule has 3 aromatic rings. The summed E-state index contributed by atoms with van der Waals surface area (Å²) in [4.78, 5) is 32.3. The smallest absolute Gasteiger partial charge is 0.335 e. The van der Waals surface area contributed by atoms with Crippen molar-refractivity contribution in [2.24, 2.45) is 0 Å². The minimum absolute atomic E-state index is 0.0925. The first-order valence-corrected chi connectivity index (χ1v) is 10.4. The third kappa shape index (κ3) is 4.14. The highest BCUT2D eigenvalue weighted by molar-refractivity contribution is 5.80. The molecule has 0 spiro atoms. The van der Waals surface area contributed by atoms with E-state index in [-0.39, 0.29) is 24.0 Å². The number of imidazole rings is 1. The van der Waals surface area contributed by atoms with E-state index in [9.17, 15) is 14.0 Å². The fraction of sp³-hybridized carbons (Fsp3) is 0.409. The summed E-state index contributed by atoms with van der Waals surface area (Å²) in [5.74, 6) is -0.602. The van der Waals surface area contributed by atoms with Crippen molar-refractivity contribution in [1.82, 2.24) is 24.3 Å². The Morgan fingerprint density at radius 3 is 2.80 bits per heavy atom. The number of likely N-dealkylation sites (tertiary alicyclic amines) is 1. The molecule has 0 bridgehead atoms. The maximum Gasteiger partial charge on any atom is 0.335 e. The van der Waals surface area contributed by atoms with Gasteiger partial charge in [0.1, 0.15) is 12.4 Å². The number of fused-ring (bicyclic) bond motifs is 1. The summed E-state index contributed by atoms with van der Waals surface area (Å²) in [6, 6.07) is 9.65. The van der Waals surface area contributed by atoms with Gasteiger partial charge in [-0.1, -0.05) is 6.42 Å². The van der Waals surface area contributed by atoms with Crippen molar-refractivity contribution in [2.75, 3.05) is 19.6 Å². The number of pyridine rings is 1. The second-order valence-electron chi connectivity index (χ2n) is 7.76. The minimum Gasteiger partial charge on any atom is -0.353 e. The predicted molar refractivity (Wildman–Crippen MR) is 113 cm³/mol. The van der Waals surface area contributed by atoms with E-state index in [1.807, 2.05) is 0 Å². The van der Waals surface area contributed by atoms with Crippen molar-refractivity contribution in [2.45, 2.75) is 38.8 Å². The van der Waals surface area contributed by atoms with Gasteiger partial charge in [0, 0.05) is 25.3 Å². The Bertz CT molecular complexity index is 1090. The fourth-order valence-electron chi connectivity index (χ4n) is 4.09. The molecule has 8 heteroatoms. The molecule has 1 saturated heterocycles. The molecule has 158 valence electrons. The lowest BCUT2D eigenvalue weighted by molar-refractivity contribution is -0.121. The SMILES string of the molecule is C[C@H]1CCCCN1CCNC(=O)Cn1c(=O)n(-c2ccc(F)cc2)c2ncccc21. The first kappa shape index (κ1) is 20.3. The molecule has 1 aliphatic rings. The number of nitrogens with one attached hydrogen (secondary N) is 1. The van der Waals surface area contributed by atoms with Gasteiger partial charge in [0.2, 0.25) is 5.91 Å². The lowest BCUT2D eigenvalue weighted by Gasteiger charge is -2.33. The highest BCUT2D eigenvalue weighted by Crippen LogP contribution is 2.17. The van der Waals surface area contributed by atoms with Crippen molar-refractivity contribution in [3.8, 4) is 5.69 Å². The van der Waals surface area contributed by atoms with Gasteiger partial charge in [0.15, 0.2) is 5.65 Å². The van der Waals surface area contributed by atoms with Crippen molar-refractivity contribution >= 4 is 17.1 Å². The van der Waals surface area contributed by atoms with E-state index in [0.29, 0.717) is 29.4 Å². The van der Waals surface area contributed by atoms with Gasteiger partial charge in [-0.15, -0.1) is 0 Å². The molecule has 7 nitrogen and oxygen atoms in total. The van der Waals surface area contributed by atoms with Crippen LogP contribution in [0.1, 0.15) is 26.2 Å². The van der Waals surface area contributed by atoms with Crippen molar-refractivity contribution in [3.63, 3.8) is 0 Å². The zero-order valence-electron chi connectivity index (χ0n) is 17.1. The van der Waals surface area contributed by atoms with Gasteiger partial charge in [-0.25, -0.2) is 18.7 Å². The number of carbonyl (C=O) groups is 1. The molecule has 1 amide bonds. The Hall–Kier alpha value is -3.00. The highest BCUT2D eigenvalue weighted by Gasteiger charge is 2.19. The molecule has 30 heavy (non-hydrogen) atoms. The van der Waals surface area contributed by atoms with E-state index >= 15 is 0 Å². The van der Waals surface area contributed by atoms with E-state index in [0.717, 1.165) is 13.1 Å². The van der Waals surface area contributed by atoms with Gasteiger partial charge < -0.3 is 5.32 Å². The molecular formula is C22H26FN5O2. The third-order valence-corrected chi connectivity index (χ3v) is 5.74. The summed E-state index contributed by atoms with van der Waals surface area (Å²) in [6.07, 6.45) is 5.24. The zero-order chi connectivity index (χ0) is 21.1. The Labute approximate surface area is 174 Å². The van der Waals surface area contributed by atoms with Crippen LogP contribution in [-0.4, -0.2) is 50.6 Å². The van der Waals surface area contributed by atoms with Gasteiger partial charge in [-0.3, -0.25) is 14.3 Å². The second kappa shape index (κ2) is 8.79. The van der Waals surface area contributed by atoms with E-state index in [1.54, 1.807) is 18.3 Å². The number of nitrogens with zero attached hydrogens (tertiary/aromatic N) is 4. The Morgan fingerprint density at radius 1 is 1.23 bits per heavy atom. The summed E-state index contributed by atoms with van der Waals surface area (Å²) >= 11 is 0. The van der Waals surface area contributed by atoms with E-state index in [4.69, 9.17) is 0 Å². The third-order valence-electron chi connectivity index (χ3n) is 5.74. The molecule has 1 N–H and O–H groups in total. The number of piperidine rings is 1. The summed E-state index contributed by atoms with van der Waals surface area (Å²) in [6.45, 7) is 4.55. The lowest BCUT2D eigenvalue weighted by Crippen LogP contribution is -2.43. The predicted octanol–water partition coefficient (Wildman–Crippen LogP) is 2.32. The number of carbonyl (C=O) groups excluding carboxylic acids is 1. The van der Waals surface area contributed by atoms with Crippen LogP contribution in [0.2, 0.25) is 0 Å². The number of rotatable bonds is 6. The van der Waals surface area contributed by atoms with Gasteiger partial charge in [-0.05, 0) is 62.7 Å². The quantitative estimate of drug-likeness (QED) is 0.676. The second-order valence-corrected chi connectivity index (χ2v) is 7.76. The Balaban J connectivity index is 1.51. The molecule has 2 aromatic heterocycles. The van der Waals surface area contributed by atoms with Gasteiger partial charge in [-0.2, -0.15) is 0 Å². The molecule has 0 radical (unpaired) electrons. The van der Waals surface area contributed by atoms with Gasteiger partial charge in [0.05, 0.1) is 11.2 Å². The first-order valence-electron chi connectivity index (χ1n) is 10.4. The van der Waals surface area contributed by atoms with Crippen LogP contribution in [0.3, 0.4) is 0 Å². The van der Waals surface area contributed by atoms with Crippen LogP contribution in [0.15, 0.2) is 47.4 Å². The zero-order valence-corrected chi connectivity index (χ0v) is 17.1. The average Bonchev–Trinajstić information content (AvgIpc) is 3.02. The number of aromatic nitrogens is 3. The summed E-state index contributed by atoms with van der Waals surface area (Å²) in [5, 5.41) is 2.93. The monoisotopic (exact) mass is 411 g/mol. The van der Waals surface area contributed by atoms with Crippen LogP contribution in [0.5, 0.6) is 0 Å². The fourth-order valence-corrected chi connectivity index (χ4v) is 4.09. The number of benzene rings is 1. The van der Waals surface area contributed by atoms with E-state index in [2.05, 4.69) is 22.1 Å². The van der Waals surface area contributed by atoms with Crippen molar-refractivity contribution < 1.29 is 9.18 Å². The molecule has 0 unspecified atom stereocenters. The molecular weight excluding hydrogens is 385 g/mol. The van der Waals surface area contributed by atoms with Crippen LogP contribution >= 0.6 is 0 Å². The molecule has 0 saturated carbocycles. The van der Waals surface area contributed by atoms with Crippen molar-refractivity contribution in [1.29, 1.82) is 0 Å². The standard InChI is InChI=1S/C22H26FN5O2/c1-16-5-2-3-13-26(16)14-12-24-20(29)15-27-19-6-4-11-25-21(19)28(22(27)30)18-9-7-17(23)8-10-18/h4,6-11,16H,2-3,5,12-15H2,1H3,(H,24,29)/t16-/m0/s1. The molecule has 1 fully saturated rings. The van der Waals surface area contributed by atoms with Crippen LogP contribution in [0.25, 0.3) is 16.9 Å². The largest absolute Gasteiger partial charge is 0.353 e. The Morgan fingerprint density at radius 2 is 2.03 bits per heavy atom. The summed E-state index contributed by atoms with van der Waals surface area (Å²) in [7, 11) is 0. The lowest BCUT2D eigenvalue weighted by atomic mass is 10.0. The highest BCUT2D eigenvalue weighted by atomic mass is 19.1. The molecule has 1 aliphatic heterocycles. The molecule has 0 aliphatic carbocycles. The summed E-state index contributed by atoms with van der Waals surface area (Å²) in [5.41, 5.74) is 1.12. The molecule has 1 aromatic carbocycles. The van der Waals surface area contributed by atoms with Gasteiger partial charge in [0.25, 0.3) is 0 Å². The molecule has 1 atom stereocenters. The van der Waals surface area contributed by atoms with Crippen molar-refractivity contribution in [3.05, 3.63) is 58.9 Å². The van der Waals surface area contributed by atoms with Crippen LogP contribution in [0, 0.1) is 5.82 Å². The normalized spacial score (nSPS) is 17.3. The number of amides is 1. The van der Waals surface area contributed by atoms with Crippen LogP contribution in [-0.2, 0) is 11.3 Å². The average molecular weight is 411 g/mol.